The van der Waals surface area contributed by atoms with Crippen LogP contribution in [0.3, 0.4) is 0 Å². The third-order valence-electron chi connectivity index (χ3n) is 4.95. The normalized spacial score (nSPS) is 31.5. The van der Waals surface area contributed by atoms with Gasteiger partial charge in [0.05, 0.1) is 25.0 Å². The number of benzene rings is 1. The third kappa shape index (κ3) is 2.08. The van der Waals surface area contributed by atoms with Gasteiger partial charge in [0.15, 0.2) is 0 Å². The zero-order chi connectivity index (χ0) is 15.3. The van der Waals surface area contributed by atoms with Gasteiger partial charge in [-0.05, 0) is 24.6 Å². The molecule has 1 N–H and O–H groups in total. The monoisotopic (exact) mass is 300 g/mol. The van der Waals surface area contributed by atoms with Crippen molar-refractivity contribution < 1.29 is 14.3 Å². The molecule has 22 heavy (non-hydrogen) atoms. The van der Waals surface area contributed by atoms with Crippen molar-refractivity contribution in [2.24, 2.45) is 11.8 Å². The number of fused-ring (bicyclic) bond motifs is 5. The number of hydrogen-bond donors (Lipinski definition) is 1. The molecular weight excluding hydrogens is 280 g/mol. The first-order valence-corrected chi connectivity index (χ1v) is 7.70. The zero-order valence-corrected chi connectivity index (χ0v) is 12.8. The Labute approximate surface area is 129 Å². The van der Waals surface area contributed by atoms with Gasteiger partial charge >= 0.3 is 6.03 Å². The van der Waals surface area contributed by atoms with E-state index in [0.29, 0.717) is 23.3 Å². The minimum absolute atomic E-state index is 0.0593. The average molecular weight is 300 g/mol. The fraction of sp³-hybridized carbons (Fsp3) is 0.471. The fourth-order valence-electron chi connectivity index (χ4n) is 3.79. The lowest BCUT2D eigenvalue weighted by Crippen LogP contribution is -2.35. The van der Waals surface area contributed by atoms with E-state index >= 15 is 0 Å². The Morgan fingerprint density at radius 2 is 1.95 bits per heavy atom. The van der Waals surface area contributed by atoms with E-state index in [0.717, 1.165) is 18.7 Å². The first-order chi connectivity index (χ1) is 10.7. The lowest BCUT2D eigenvalue weighted by atomic mass is 9.86. The Hall–Kier alpha value is -2.01. The minimum atomic E-state index is -0.0593. The standard InChI is InChI=1S/C17H20N2O3/c1-10-3-4-13(16(7-10)21-2)18-17(20)19-8-11-12(9-19)15-6-5-14(11)22-15/h3-7,11-12,14-15H,8-9H2,1-2H3,(H,18,20)/t11-,12-,14+,15+/m0/s1. The number of ether oxygens (including phenoxy) is 2. The first-order valence-electron chi connectivity index (χ1n) is 7.70. The van der Waals surface area contributed by atoms with Crippen LogP contribution in [0.5, 0.6) is 5.75 Å². The van der Waals surface area contributed by atoms with Gasteiger partial charge in [-0.1, -0.05) is 18.2 Å². The second-order valence-corrected chi connectivity index (χ2v) is 6.32. The molecule has 0 unspecified atom stereocenters. The topological polar surface area (TPSA) is 50.8 Å². The van der Waals surface area contributed by atoms with E-state index < -0.39 is 0 Å². The molecule has 0 spiro atoms. The number of amides is 2. The van der Waals surface area contributed by atoms with Crippen LogP contribution in [0.1, 0.15) is 5.56 Å². The quantitative estimate of drug-likeness (QED) is 0.853. The molecule has 0 radical (unpaired) electrons. The summed E-state index contributed by atoms with van der Waals surface area (Å²) in [5.74, 6) is 1.58. The maximum atomic E-state index is 12.5. The largest absolute Gasteiger partial charge is 0.495 e. The highest BCUT2D eigenvalue weighted by Gasteiger charge is 2.51. The molecule has 116 valence electrons. The molecule has 0 aromatic heterocycles. The number of anilines is 1. The predicted octanol–water partition coefficient (Wildman–Crippen LogP) is 2.42. The second kappa shape index (κ2) is 5.02. The van der Waals surface area contributed by atoms with Crippen LogP contribution in [0.25, 0.3) is 0 Å². The molecule has 0 aliphatic carbocycles. The van der Waals surface area contributed by atoms with Gasteiger partial charge in [-0.15, -0.1) is 0 Å². The molecule has 2 bridgehead atoms. The van der Waals surface area contributed by atoms with Gasteiger partial charge in [0.2, 0.25) is 0 Å². The summed E-state index contributed by atoms with van der Waals surface area (Å²) in [6.07, 6.45) is 4.66. The molecule has 0 saturated carbocycles. The lowest BCUT2D eigenvalue weighted by molar-refractivity contribution is 0.0892. The number of aryl methyl sites for hydroxylation is 1. The number of hydrogen-bond acceptors (Lipinski definition) is 3. The minimum Gasteiger partial charge on any atom is -0.495 e. The van der Waals surface area contributed by atoms with Crippen molar-refractivity contribution in [1.82, 2.24) is 4.90 Å². The molecule has 2 saturated heterocycles. The van der Waals surface area contributed by atoms with E-state index in [1.54, 1.807) is 7.11 Å². The summed E-state index contributed by atoms with van der Waals surface area (Å²) in [4.78, 5) is 14.4. The first kappa shape index (κ1) is 13.6. The van der Waals surface area contributed by atoms with Crippen molar-refractivity contribution in [2.75, 3.05) is 25.5 Å². The van der Waals surface area contributed by atoms with Crippen molar-refractivity contribution in [1.29, 1.82) is 0 Å². The van der Waals surface area contributed by atoms with Gasteiger partial charge in [-0.25, -0.2) is 4.79 Å². The number of nitrogens with zero attached hydrogens (tertiary/aromatic N) is 1. The highest BCUT2D eigenvalue weighted by Crippen LogP contribution is 2.43. The lowest BCUT2D eigenvalue weighted by Gasteiger charge is -2.20. The number of nitrogens with one attached hydrogen (secondary N) is 1. The van der Waals surface area contributed by atoms with E-state index in [9.17, 15) is 4.79 Å². The van der Waals surface area contributed by atoms with Crippen molar-refractivity contribution >= 4 is 11.7 Å². The van der Waals surface area contributed by atoms with Gasteiger partial charge in [-0.2, -0.15) is 0 Å². The number of likely N-dealkylation sites (tertiary alicyclic amines) is 1. The van der Waals surface area contributed by atoms with Crippen LogP contribution in [0.4, 0.5) is 10.5 Å². The van der Waals surface area contributed by atoms with Crippen LogP contribution in [-0.4, -0.2) is 43.3 Å². The Balaban J connectivity index is 1.46. The fourth-order valence-corrected chi connectivity index (χ4v) is 3.79. The van der Waals surface area contributed by atoms with E-state index in [1.165, 1.54) is 0 Å². The Morgan fingerprint density at radius 1 is 1.27 bits per heavy atom. The van der Waals surface area contributed by atoms with Crippen LogP contribution in [0.15, 0.2) is 30.4 Å². The Morgan fingerprint density at radius 3 is 2.59 bits per heavy atom. The van der Waals surface area contributed by atoms with Crippen molar-refractivity contribution in [3.63, 3.8) is 0 Å². The molecule has 5 nitrogen and oxygen atoms in total. The van der Waals surface area contributed by atoms with Gasteiger partial charge in [-0.3, -0.25) is 0 Å². The highest BCUT2D eigenvalue weighted by atomic mass is 16.5. The Kier molecular flexibility index (Phi) is 3.11. The maximum absolute atomic E-state index is 12.5. The molecule has 1 aromatic rings. The van der Waals surface area contributed by atoms with Crippen LogP contribution in [0, 0.1) is 18.8 Å². The van der Waals surface area contributed by atoms with E-state index in [1.807, 2.05) is 30.0 Å². The molecule has 2 amide bonds. The van der Waals surface area contributed by atoms with Gasteiger partial charge < -0.3 is 19.7 Å². The number of carbonyl (C=O) groups is 1. The molecule has 4 rings (SSSR count). The molecule has 5 heteroatoms. The van der Waals surface area contributed by atoms with Gasteiger partial charge in [0.25, 0.3) is 0 Å². The van der Waals surface area contributed by atoms with Crippen molar-refractivity contribution in [3.05, 3.63) is 35.9 Å². The van der Waals surface area contributed by atoms with Crippen LogP contribution >= 0.6 is 0 Å². The van der Waals surface area contributed by atoms with Crippen LogP contribution in [0.2, 0.25) is 0 Å². The molecule has 2 fully saturated rings. The van der Waals surface area contributed by atoms with E-state index in [2.05, 4.69) is 17.5 Å². The summed E-state index contributed by atoms with van der Waals surface area (Å²) in [5.41, 5.74) is 1.82. The molecule has 3 aliphatic heterocycles. The summed E-state index contributed by atoms with van der Waals surface area (Å²) in [7, 11) is 1.62. The molecule has 3 heterocycles. The zero-order valence-electron chi connectivity index (χ0n) is 12.8. The highest BCUT2D eigenvalue weighted by molar-refractivity contribution is 5.91. The van der Waals surface area contributed by atoms with Gasteiger partial charge in [0.1, 0.15) is 5.75 Å². The van der Waals surface area contributed by atoms with E-state index in [4.69, 9.17) is 9.47 Å². The summed E-state index contributed by atoms with van der Waals surface area (Å²) < 4.78 is 11.2. The maximum Gasteiger partial charge on any atom is 0.321 e. The Bertz CT molecular complexity index is 623. The SMILES string of the molecule is COc1cc(C)ccc1NC(=O)N1C[C@H]2[C@H](C1)[C@H]1C=C[C@H]2O1. The molecule has 4 atom stereocenters. The van der Waals surface area contributed by atoms with Crippen LogP contribution in [-0.2, 0) is 4.74 Å². The van der Waals surface area contributed by atoms with E-state index in [-0.39, 0.29) is 18.2 Å². The van der Waals surface area contributed by atoms with Gasteiger partial charge in [0, 0.05) is 24.9 Å². The summed E-state index contributed by atoms with van der Waals surface area (Å²) >= 11 is 0. The summed E-state index contributed by atoms with van der Waals surface area (Å²) in [6, 6.07) is 5.72. The number of methoxy groups -OCH3 is 1. The molecular formula is C17H20N2O3. The smallest absolute Gasteiger partial charge is 0.321 e. The number of urea groups is 1. The summed E-state index contributed by atoms with van der Waals surface area (Å²) in [5, 5.41) is 2.97. The van der Waals surface area contributed by atoms with Crippen molar-refractivity contribution in [2.45, 2.75) is 19.1 Å². The average Bonchev–Trinajstić information content (AvgIpc) is 3.21. The summed E-state index contributed by atoms with van der Waals surface area (Å²) in [6.45, 7) is 3.52. The third-order valence-corrected chi connectivity index (χ3v) is 4.95. The molecule has 1 aromatic carbocycles. The molecule has 3 aliphatic rings. The van der Waals surface area contributed by atoms with Crippen molar-refractivity contribution in [3.8, 4) is 5.75 Å². The number of rotatable bonds is 2. The van der Waals surface area contributed by atoms with Crippen LogP contribution < -0.4 is 10.1 Å². The second-order valence-electron chi connectivity index (χ2n) is 6.32. The number of carbonyl (C=O) groups excluding carboxylic acids is 1. The predicted molar refractivity (Wildman–Crippen MR) is 83.1 cm³/mol.